The van der Waals surface area contributed by atoms with Gasteiger partial charge in [0, 0.05) is 62.3 Å². The molecule has 3 fully saturated rings. The number of ether oxygens (including phenoxy) is 4. The van der Waals surface area contributed by atoms with E-state index in [1.54, 1.807) is 7.11 Å². The number of hydrogen-bond donors (Lipinski definition) is 1. The van der Waals surface area contributed by atoms with E-state index < -0.39 is 0 Å². The number of carbonyl (C=O) groups is 1. The average Bonchev–Trinajstić information content (AvgIpc) is 3.50. The van der Waals surface area contributed by atoms with Crippen molar-refractivity contribution >= 4 is 5.91 Å². The van der Waals surface area contributed by atoms with E-state index in [9.17, 15) is 9.90 Å². The number of amides is 1. The summed E-state index contributed by atoms with van der Waals surface area (Å²) >= 11 is 0. The number of benzene rings is 3. The van der Waals surface area contributed by atoms with Crippen LogP contribution in [-0.4, -0.2) is 73.1 Å². The highest BCUT2D eigenvalue weighted by Gasteiger charge is 2.40. The highest BCUT2D eigenvalue weighted by Crippen LogP contribution is 2.43. The molecule has 1 saturated carbocycles. The molecule has 0 radical (unpaired) electrons. The Balaban J connectivity index is 1.03. The van der Waals surface area contributed by atoms with Gasteiger partial charge in [-0.1, -0.05) is 24.3 Å². The molecule has 3 aromatic carbocycles. The van der Waals surface area contributed by atoms with E-state index >= 15 is 0 Å². The quantitative estimate of drug-likeness (QED) is 0.390. The fraction of sp³-hybridized carbons (Fsp3) is 0.441. The van der Waals surface area contributed by atoms with Crippen molar-refractivity contribution in [2.45, 2.75) is 50.5 Å². The summed E-state index contributed by atoms with van der Waals surface area (Å²) in [6, 6.07) is 21.4. The maximum absolute atomic E-state index is 13.2. The average molecular weight is 573 g/mol. The van der Waals surface area contributed by atoms with Crippen LogP contribution in [0.3, 0.4) is 0 Å². The Morgan fingerprint density at radius 1 is 0.905 bits per heavy atom. The predicted octanol–water partition coefficient (Wildman–Crippen LogP) is 5.34. The molecule has 1 N–H and O–H groups in total. The van der Waals surface area contributed by atoms with Gasteiger partial charge in [0.2, 0.25) is 0 Å². The minimum Gasteiger partial charge on any atom is -0.496 e. The molecule has 1 amide bonds. The smallest absolute Gasteiger partial charge is 0.253 e. The minimum atomic E-state index is -0.377. The highest BCUT2D eigenvalue weighted by atomic mass is 16.7. The van der Waals surface area contributed by atoms with Gasteiger partial charge in [-0.2, -0.15) is 0 Å². The number of carbonyl (C=O) groups excluding carboxylic acids is 1. The summed E-state index contributed by atoms with van der Waals surface area (Å²) in [5.41, 5.74) is 3.77. The summed E-state index contributed by atoms with van der Waals surface area (Å²) in [6.45, 7) is 5.06. The van der Waals surface area contributed by atoms with Crippen molar-refractivity contribution in [2.75, 3.05) is 46.5 Å². The standard InChI is InChI=1S/C34H40N2O6/c1-39-31-5-3-2-4-28(31)23-35-16-18-36(19-17-35)33(38)26-6-9-30(10-7-26)42-32-11-8-27(22-29(32)24-37)25-12-14-34(15-13-25)40-20-21-41-34/h2-11,22,25,37H,12-21,23-24H2,1H3. The van der Waals surface area contributed by atoms with Gasteiger partial charge < -0.3 is 29.0 Å². The van der Waals surface area contributed by atoms with Gasteiger partial charge in [0.15, 0.2) is 5.79 Å². The lowest BCUT2D eigenvalue weighted by atomic mass is 9.80. The second-order valence-electron chi connectivity index (χ2n) is 11.4. The maximum Gasteiger partial charge on any atom is 0.253 e. The van der Waals surface area contributed by atoms with Crippen LogP contribution >= 0.6 is 0 Å². The van der Waals surface area contributed by atoms with Gasteiger partial charge in [0.1, 0.15) is 17.2 Å². The summed E-state index contributed by atoms with van der Waals surface area (Å²) in [6.07, 6.45) is 3.79. The molecule has 0 aromatic heterocycles. The molecule has 2 heterocycles. The fourth-order valence-corrected chi connectivity index (χ4v) is 6.41. The van der Waals surface area contributed by atoms with Gasteiger partial charge in [-0.15, -0.1) is 0 Å². The normalized spacial score (nSPS) is 19.2. The van der Waals surface area contributed by atoms with Crippen LogP contribution in [0, 0.1) is 0 Å². The Labute approximate surface area is 247 Å². The van der Waals surface area contributed by atoms with Gasteiger partial charge in [-0.25, -0.2) is 0 Å². The topological polar surface area (TPSA) is 80.7 Å². The Kier molecular flexibility index (Phi) is 8.76. The molecule has 0 unspecified atom stereocenters. The lowest BCUT2D eigenvalue weighted by Crippen LogP contribution is -2.48. The third kappa shape index (κ3) is 6.32. The van der Waals surface area contributed by atoms with Crippen LogP contribution < -0.4 is 9.47 Å². The van der Waals surface area contributed by atoms with Gasteiger partial charge >= 0.3 is 0 Å². The van der Waals surface area contributed by atoms with Crippen LogP contribution in [0.15, 0.2) is 66.7 Å². The van der Waals surface area contributed by atoms with E-state index in [4.69, 9.17) is 18.9 Å². The van der Waals surface area contributed by atoms with Crippen molar-refractivity contribution in [1.82, 2.24) is 9.80 Å². The van der Waals surface area contributed by atoms with E-state index in [1.807, 2.05) is 53.4 Å². The number of aliphatic hydroxyl groups excluding tert-OH is 1. The van der Waals surface area contributed by atoms with Gasteiger partial charge in [0.25, 0.3) is 5.91 Å². The molecule has 8 heteroatoms. The zero-order valence-corrected chi connectivity index (χ0v) is 24.3. The lowest BCUT2D eigenvalue weighted by Gasteiger charge is -2.35. The molecule has 222 valence electrons. The maximum atomic E-state index is 13.2. The van der Waals surface area contributed by atoms with Crippen molar-refractivity contribution < 1.29 is 28.8 Å². The first kappa shape index (κ1) is 28.7. The number of piperazine rings is 1. The van der Waals surface area contributed by atoms with Gasteiger partial charge in [0.05, 0.1) is 26.9 Å². The molecular formula is C34H40N2O6. The van der Waals surface area contributed by atoms with Gasteiger partial charge in [-0.3, -0.25) is 9.69 Å². The number of para-hydroxylation sites is 1. The fourth-order valence-electron chi connectivity index (χ4n) is 6.41. The highest BCUT2D eigenvalue weighted by molar-refractivity contribution is 5.94. The van der Waals surface area contributed by atoms with Crippen molar-refractivity contribution in [3.8, 4) is 17.2 Å². The van der Waals surface area contributed by atoms with Crippen LogP contribution in [0.5, 0.6) is 17.2 Å². The van der Waals surface area contributed by atoms with Gasteiger partial charge in [-0.05, 0) is 66.8 Å². The minimum absolute atomic E-state index is 0.0292. The Bertz CT molecular complexity index is 1350. The molecule has 3 aromatic rings. The predicted molar refractivity (Wildman–Crippen MR) is 159 cm³/mol. The Morgan fingerprint density at radius 3 is 2.31 bits per heavy atom. The number of aliphatic hydroxyl groups is 1. The van der Waals surface area contributed by atoms with Crippen molar-refractivity contribution in [1.29, 1.82) is 0 Å². The molecule has 2 saturated heterocycles. The van der Waals surface area contributed by atoms with Crippen molar-refractivity contribution in [3.05, 3.63) is 89.0 Å². The van der Waals surface area contributed by atoms with Crippen LogP contribution in [-0.2, 0) is 22.6 Å². The molecule has 3 aliphatic rings. The molecule has 8 nitrogen and oxygen atoms in total. The largest absolute Gasteiger partial charge is 0.496 e. The monoisotopic (exact) mass is 572 g/mol. The molecule has 2 aliphatic heterocycles. The Hall–Kier alpha value is -3.43. The molecule has 42 heavy (non-hydrogen) atoms. The molecular weight excluding hydrogens is 532 g/mol. The van der Waals surface area contributed by atoms with E-state index in [1.165, 1.54) is 5.56 Å². The molecule has 0 atom stereocenters. The summed E-state index contributed by atoms with van der Waals surface area (Å²) in [4.78, 5) is 17.5. The molecule has 0 bridgehead atoms. The number of rotatable bonds is 8. The first-order chi connectivity index (χ1) is 20.6. The summed E-state index contributed by atoms with van der Waals surface area (Å²) in [5.74, 6) is 2.22. The van der Waals surface area contributed by atoms with E-state index in [-0.39, 0.29) is 18.3 Å². The summed E-state index contributed by atoms with van der Waals surface area (Å²) in [5, 5.41) is 10.1. The zero-order valence-electron chi connectivity index (χ0n) is 24.3. The van der Waals surface area contributed by atoms with Crippen LogP contribution in [0.1, 0.15) is 58.6 Å². The molecule has 1 aliphatic carbocycles. The first-order valence-electron chi connectivity index (χ1n) is 15.0. The first-order valence-corrected chi connectivity index (χ1v) is 15.0. The van der Waals surface area contributed by atoms with E-state index in [2.05, 4.69) is 23.1 Å². The summed E-state index contributed by atoms with van der Waals surface area (Å²) in [7, 11) is 1.70. The number of methoxy groups -OCH3 is 1. The third-order valence-electron chi connectivity index (χ3n) is 8.86. The molecule has 1 spiro atoms. The lowest BCUT2D eigenvalue weighted by molar-refractivity contribution is -0.178. The number of hydrogen-bond acceptors (Lipinski definition) is 7. The second-order valence-corrected chi connectivity index (χ2v) is 11.4. The Morgan fingerprint density at radius 2 is 1.62 bits per heavy atom. The zero-order chi connectivity index (χ0) is 28.9. The van der Waals surface area contributed by atoms with Crippen LogP contribution in [0.4, 0.5) is 0 Å². The van der Waals surface area contributed by atoms with Crippen LogP contribution in [0.25, 0.3) is 0 Å². The number of nitrogens with zero attached hydrogens (tertiary/aromatic N) is 2. The SMILES string of the molecule is COc1ccccc1CN1CCN(C(=O)c2ccc(Oc3ccc(C4CCC5(CC4)OCCO5)cc3CO)cc2)CC1. The van der Waals surface area contributed by atoms with Crippen molar-refractivity contribution in [3.63, 3.8) is 0 Å². The molecule has 6 rings (SSSR count). The van der Waals surface area contributed by atoms with E-state index in [0.29, 0.717) is 49.3 Å². The second kappa shape index (κ2) is 12.8. The van der Waals surface area contributed by atoms with Crippen LogP contribution in [0.2, 0.25) is 0 Å². The van der Waals surface area contributed by atoms with E-state index in [0.717, 1.165) is 62.2 Å². The third-order valence-corrected chi connectivity index (χ3v) is 8.86. The summed E-state index contributed by atoms with van der Waals surface area (Å²) < 4.78 is 23.4. The van der Waals surface area contributed by atoms with Crippen molar-refractivity contribution in [2.24, 2.45) is 0 Å².